The quantitative estimate of drug-likeness (QED) is 0.857. The second-order valence-electron chi connectivity index (χ2n) is 4.51. The molecule has 0 atom stereocenters. The Morgan fingerprint density at radius 3 is 2.90 bits per heavy atom. The molecule has 0 unspecified atom stereocenters. The fraction of sp³-hybridized carbons (Fsp3) is 0.667. The molecule has 0 fully saturated rings. The molecule has 0 saturated heterocycles. The average Bonchev–Trinajstić information content (AvgIpc) is 2.75. The molecule has 1 aliphatic rings. The standard InChI is InChI=1S/C12H16F3N3O2/c1-2-20-11(19)10-8-7-16-5-3-9(8)18(17-10)6-4-12(13,14)15/h16H,2-7H2,1H3. The fourth-order valence-corrected chi connectivity index (χ4v) is 2.20. The van der Waals surface area contributed by atoms with Crippen LogP contribution in [0.15, 0.2) is 0 Å². The number of fused-ring (bicyclic) bond motifs is 1. The average molecular weight is 291 g/mol. The van der Waals surface area contributed by atoms with E-state index in [4.69, 9.17) is 4.74 Å². The lowest BCUT2D eigenvalue weighted by Crippen LogP contribution is -2.26. The number of ether oxygens (including phenoxy) is 1. The van der Waals surface area contributed by atoms with Crippen molar-refractivity contribution in [3.63, 3.8) is 0 Å². The fourth-order valence-electron chi connectivity index (χ4n) is 2.20. The zero-order chi connectivity index (χ0) is 14.8. The number of rotatable bonds is 4. The van der Waals surface area contributed by atoms with E-state index in [9.17, 15) is 18.0 Å². The molecule has 2 heterocycles. The van der Waals surface area contributed by atoms with Gasteiger partial charge in [0, 0.05) is 37.3 Å². The van der Waals surface area contributed by atoms with E-state index in [0.29, 0.717) is 30.8 Å². The maximum absolute atomic E-state index is 12.3. The van der Waals surface area contributed by atoms with Gasteiger partial charge < -0.3 is 10.1 Å². The van der Waals surface area contributed by atoms with Crippen LogP contribution >= 0.6 is 0 Å². The van der Waals surface area contributed by atoms with Gasteiger partial charge in [-0.2, -0.15) is 18.3 Å². The summed E-state index contributed by atoms with van der Waals surface area (Å²) in [5.41, 5.74) is 1.46. The summed E-state index contributed by atoms with van der Waals surface area (Å²) in [5.74, 6) is -0.585. The van der Waals surface area contributed by atoms with E-state index in [2.05, 4.69) is 10.4 Å². The number of hydrogen-bond acceptors (Lipinski definition) is 4. The van der Waals surface area contributed by atoms with Crippen LogP contribution in [0.1, 0.15) is 35.1 Å². The monoisotopic (exact) mass is 291 g/mol. The van der Waals surface area contributed by atoms with Crippen molar-refractivity contribution in [2.45, 2.75) is 39.0 Å². The van der Waals surface area contributed by atoms with Crippen molar-refractivity contribution in [3.05, 3.63) is 17.0 Å². The molecule has 1 N–H and O–H groups in total. The lowest BCUT2D eigenvalue weighted by molar-refractivity contribution is -0.137. The molecule has 0 aliphatic carbocycles. The van der Waals surface area contributed by atoms with Gasteiger partial charge in [0.15, 0.2) is 5.69 Å². The molecule has 0 spiro atoms. The molecule has 2 rings (SSSR count). The van der Waals surface area contributed by atoms with Gasteiger partial charge in [-0.15, -0.1) is 0 Å². The number of alkyl halides is 3. The molecule has 20 heavy (non-hydrogen) atoms. The van der Waals surface area contributed by atoms with Crippen LogP contribution in [0.5, 0.6) is 0 Å². The largest absolute Gasteiger partial charge is 0.461 e. The summed E-state index contributed by atoms with van der Waals surface area (Å²) < 4.78 is 43.1. The summed E-state index contributed by atoms with van der Waals surface area (Å²) in [6.07, 6.45) is -4.65. The van der Waals surface area contributed by atoms with Crippen molar-refractivity contribution in [2.24, 2.45) is 0 Å². The zero-order valence-corrected chi connectivity index (χ0v) is 11.1. The summed E-state index contributed by atoms with van der Waals surface area (Å²) in [7, 11) is 0. The summed E-state index contributed by atoms with van der Waals surface area (Å²) in [5, 5.41) is 7.10. The topological polar surface area (TPSA) is 56.1 Å². The summed E-state index contributed by atoms with van der Waals surface area (Å²) in [4.78, 5) is 11.8. The summed E-state index contributed by atoms with van der Waals surface area (Å²) in [6.45, 7) is 2.69. The minimum atomic E-state index is -4.24. The lowest BCUT2D eigenvalue weighted by Gasteiger charge is -2.15. The SMILES string of the molecule is CCOC(=O)c1nn(CCC(F)(F)F)c2c1CNCC2. The van der Waals surface area contributed by atoms with Crippen LogP contribution in [0.2, 0.25) is 0 Å². The molecule has 0 bridgehead atoms. The molecule has 0 radical (unpaired) electrons. The maximum Gasteiger partial charge on any atom is 0.390 e. The first-order chi connectivity index (χ1) is 9.42. The molecule has 1 aromatic heterocycles. The normalized spacial score (nSPS) is 15.0. The van der Waals surface area contributed by atoms with Gasteiger partial charge in [0.1, 0.15) is 0 Å². The number of halogens is 3. The van der Waals surface area contributed by atoms with E-state index in [1.165, 1.54) is 4.68 Å². The van der Waals surface area contributed by atoms with Crippen LogP contribution in [-0.2, 0) is 24.2 Å². The van der Waals surface area contributed by atoms with E-state index < -0.39 is 18.6 Å². The summed E-state index contributed by atoms with van der Waals surface area (Å²) >= 11 is 0. The van der Waals surface area contributed by atoms with Crippen LogP contribution < -0.4 is 5.32 Å². The maximum atomic E-state index is 12.3. The number of carbonyl (C=O) groups excluding carboxylic acids is 1. The van der Waals surface area contributed by atoms with Crippen LogP contribution in [0.3, 0.4) is 0 Å². The molecule has 0 aromatic carbocycles. The van der Waals surface area contributed by atoms with Gasteiger partial charge >= 0.3 is 12.1 Å². The Morgan fingerprint density at radius 1 is 1.50 bits per heavy atom. The van der Waals surface area contributed by atoms with Crippen molar-refractivity contribution in [2.75, 3.05) is 13.2 Å². The smallest absolute Gasteiger partial charge is 0.390 e. The van der Waals surface area contributed by atoms with Gasteiger partial charge in [-0.1, -0.05) is 0 Å². The Bertz CT molecular complexity index is 497. The van der Waals surface area contributed by atoms with Gasteiger partial charge in [0.05, 0.1) is 13.0 Å². The van der Waals surface area contributed by atoms with Gasteiger partial charge in [-0.3, -0.25) is 4.68 Å². The van der Waals surface area contributed by atoms with Crippen molar-refractivity contribution in [1.82, 2.24) is 15.1 Å². The van der Waals surface area contributed by atoms with E-state index in [-0.39, 0.29) is 18.8 Å². The van der Waals surface area contributed by atoms with E-state index >= 15 is 0 Å². The number of hydrogen-bond donors (Lipinski definition) is 1. The van der Waals surface area contributed by atoms with Gasteiger partial charge in [0.25, 0.3) is 0 Å². The molecule has 1 aliphatic heterocycles. The third-order valence-corrected chi connectivity index (χ3v) is 3.08. The van der Waals surface area contributed by atoms with Crippen LogP contribution in [0, 0.1) is 0 Å². The van der Waals surface area contributed by atoms with Crippen molar-refractivity contribution < 1.29 is 22.7 Å². The highest BCUT2D eigenvalue weighted by Crippen LogP contribution is 2.24. The molecule has 0 amide bonds. The first-order valence-electron chi connectivity index (χ1n) is 6.45. The highest BCUT2D eigenvalue weighted by molar-refractivity contribution is 5.89. The Kier molecular flexibility index (Phi) is 4.32. The molecular formula is C12H16F3N3O2. The van der Waals surface area contributed by atoms with E-state index in [0.717, 1.165) is 0 Å². The van der Waals surface area contributed by atoms with Crippen molar-refractivity contribution in [3.8, 4) is 0 Å². The highest BCUT2D eigenvalue weighted by Gasteiger charge is 2.30. The minimum absolute atomic E-state index is 0.122. The highest BCUT2D eigenvalue weighted by atomic mass is 19.4. The third kappa shape index (κ3) is 3.30. The van der Waals surface area contributed by atoms with Crippen molar-refractivity contribution in [1.29, 1.82) is 0 Å². The molecule has 1 aromatic rings. The second-order valence-corrected chi connectivity index (χ2v) is 4.51. The zero-order valence-electron chi connectivity index (χ0n) is 11.1. The second kappa shape index (κ2) is 5.82. The number of aromatic nitrogens is 2. The number of esters is 1. The third-order valence-electron chi connectivity index (χ3n) is 3.08. The number of aryl methyl sites for hydroxylation is 1. The lowest BCUT2D eigenvalue weighted by atomic mass is 10.1. The van der Waals surface area contributed by atoms with E-state index in [1.54, 1.807) is 6.92 Å². The minimum Gasteiger partial charge on any atom is -0.461 e. The predicted molar refractivity (Wildman–Crippen MR) is 64.3 cm³/mol. The summed E-state index contributed by atoms with van der Waals surface area (Å²) in [6, 6.07) is 0. The molecule has 0 saturated carbocycles. The van der Waals surface area contributed by atoms with Crippen LogP contribution in [0.25, 0.3) is 0 Å². The number of nitrogens with one attached hydrogen (secondary N) is 1. The predicted octanol–water partition coefficient (Wildman–Crippen LogP) is 1.66. The first-order valence-corrected chi connectivity index (χ1v) is 6.45. The molecular weight excluding hydrogens is 275 g/mol. The Balaban J connectivity index is 2.26. The Hall–Kier alpha value is -1.57. The molecule has 8 heteroatoms. The molecule has 5 nitrogen and oxygen atoms in total. The van der Waals surface area contributed by atoms with Crippen molar-refractivity contribution >= 4 is 5.97 Å². The van der Waals surface area contributed by atoms with Crippen LogP contribution in [-0.4, -0.2) is 35.1 Å². The van der Waals surface area contributed by atoms with Crippen LogP contribution in [0.4, 0.5) is 13.2 Å². The number of nitrogens with zero attached hydrogens (tertiary/aromatic N) is 2. The Labute approximate surface area is 114 Å². The van der Waals surface area contributed by atoms with Gasteiger partial charge in [0.2, 0.25) is 0 Å². The Morgan fingerprint density at radius 2 is 2.25 bits per heavy atom. The number of carbonyl (C=O) groups is 1. The first kappa shape index (κ1) is 14.8. The molecule has 112 valence electrons. The van der Waals surface area contributed by atoms with Gasteiger partial charge in [-0.25, -0.2) is 4.79 Å². The van der Waals surface area contributed by atoms with Gasteiger partial charge in [-0.05, 0) is 6.92 Å². The van der Waals surface area contributed by atoms with E-state index in [1.807, 2.05) is 0 Å².